The molecular formula is C17H26N2. The van der Waals surface area contributed by atoms with Gasteiger partial charge in [-0.25, -0.2) is 0 Å². The van der Waals surface area contributed by atoms with Crippen molar-refractivity contribution in [1.82, 2.24) is 4.90 Å². The Morgan fingerprint density at radius 1 is 1.26 bits per heavy atom. The van der Waals surface area contributed by atoms with Gasteiger partial charge in [0.2, 0.25) is 0 Å². The highest BCUT2D eigenvalue weighted by Crippen LogP contribution is 2.37. The molecule has 1 aliphatic heterocycles. The van der Waals surface area contributed by atoms with Gasteiger partial charge in [-0.2, -0.15) is 0 Å². The third-order valence-electron chi connectivity index (χ3n) is 5.19. The average Bonchev–Trinajstić information content (AvgIpc) is 3.03. The zero-order chi connectivity index (χ0) is 13.3. The minimum absolute atomic E-state index is 0.214. The fourth-order valence-electron chi connectivity index (χ4n) is 4.08. The first-order chi connectivity index (χ1) is 9.27. The van der Waals surface area contributed by atoms with Gasteiger partial charge in [-0.05, 0) is 49.3 Å². The lowest BCUT2D eigenvalue weighted by atomic mass is 9.93. The van der Waals surface area contributed by atoms with Gasteiger partial charge in [0, 0.05) is 18.6 Å². The molecule has 104 valence electrons. The number of rotatable bonds is 4. The number of benzene rings is 1. The lowest BCUT2D eigenvalue weighted by Gasteiger charge is -2.38. The SMILES string of the molecule is CCCC1CCN(C2(CN)Cc3ccccc3C2)C1. The Morgan fingerprint density at radius 3 is 2.53 bits per heavy atom. The van der Waals surface area contributed by atoms with Gasteiger partial charge in [-0.3, -0.25) is 4.90 Å². The van der Waals surface area contributed by atoms with Gasteiger partial charge in [0.15, 0.2) is 0 Å². The molecule has 1 fully saturated rings. The van der Waals surface area contributed by atoms with Crippen LogP contribution in [0, 0.1) is 5.92 Å². The first-order valence-corrected chi connectivity index (χ1v) is 7.79. The molecule has 1 aromatic carbocycles. The Hall–Kier alpha value is -0.860. The largest absolute Gasteiger partial charge is 0.329 e. The molecule has 0 bridgehead atoms. The van der Waals surface area contributed by atoms with Crippen molar-refractivity contribution in [2.45, 2.75) is 44.6 Å². The van der Waals surface area contributed by atoms with Crippen LogP contribution < -0.4 is 5.73 Å². The second-order valence-electron chi connectivity index (χ2n) is 6.44. The molecule has 2 heteroatoms. The van der Waals surface area contributed by atoms with Crippen LogP contribution in [0.2, 0.25) is 0 Å². The minimum Gasteiger partial charge on any atom is -0.329 e. The van der Waals surface area contributed by atoms with Crippen molar-refractivity contribution in [2.24, 2.45) is 11.7 Å². The first kappa shape index (κ1) is 13.1. The van der Waals surface area contributed by atoms with Crippen molar-refractivity contribution >= 4 is 0 Å². The standard InChI is InChI=1S/C17H26N2/c1-2-5-14-8-9-19(12-14)17(13-18)10-15-6-3-4-7-16(15)11-17/h3-4,6-7,14H,2,5,8-13,18H2,1H3. The van der Waals surface area contributed by atoms with E-state index in [0.717, 1.165) is 25.3 Å². The summed E-state index contributed by atoms with van der Waals surface area (Å²) in [4.78, 5) is 2.70. The lowest BCUT2D eigenvalue weighted by Crippen LogP contribution is -2.53. The fourth-order valence-corrected chi connectivity index (χ4v) is 4.08. The lowest BCUT2D eigenvalue weighted by molar-refractivity contribution is 0.128. The molecule has 1 aromatic rings. The fraction of sp³-hybridized carbons (Fsp3) is 0.647. The molecule has 1 aliphatic carbocycles. The van der Waals surface area contributed by atoms with Crippen LogP contribution in [0.1, 0.15) is 37.3 Å². The van der Waals surface area contributed by atoms with E-state index in [-0.39, 0.29) is 5.54 Å². The van der Waals surface area contributed by atoms with Gasteiger partial charge in [-0.1, -0.05) is 37.6 Å². The Balaban J connectivity index is 1.76. The molecule has 1 atom stereocenters. The zero-order valence-corrected chi connectivity index (χ0v) is 12.1. The summed E-state index contributed by atoms with van der Waals surface area (Å²) >= 11 is 0. The molecule has 0 saturated carbocycles. The van der Waals surface area contributed by atoms with Crippen LogP contribution in [0.5, 0.6) is 0 Å². The highest BCUT2D eigenvalue weighted by atomic mass is 15.2. The van der Waals surface area contributed by atoms with E-state index < -0.39 is 0 Å². The average molecular weight is 258 g/mol. The van der Waals surface area contributed by atoms with Gasteiger partial charge >= 0.3 is 0 Å². The second kappa shape index (κ2) is 5.26. The van der Waals surface area contributed by atoms with Crippen molar-refractivity contribution in [3.8, 4) is 0 Å². The topological polar surface area (TPSA) is 29.3 Å². The smallest absolute Gasteiger partial charge is 0.0412 e. The van der Waals surface area contributed by atoms with Crippen LogP contribution in [0.4, 0.5) is 0 Å². The Labute approximate surface area is 117 Å². The predicted molar refractivity (Wildman–Crippen MR) is 80.2 cm³/mol. The summed E-state index contributed by atoms with van der Waals surface area (Å²) in [6.07, 6.45) is 6.36. The summed E-state index contributed by atoms with van der Waals surface area (Å²) in [5.74, 6) is 0.900. The molecule has 19 heavy (non-hydrogen) atoms. The highest BCUT2D eigenvalue weighted by molar-refractivity contribution is 5.36. The maximum atomic E-state index is 6.21. The van der Waals surface area contributed by atoms with E-state index in [2.05, 4.69) is 36.1 Å². The van der Waals surface area contributed by atoms with E-state index in [1.165, 1.54) is 43.5 Å². The van der Waals surface area contributed by atoms with E-state index >= 15 is 0 Å². The van der Waals surface area contributed by atoms with E-state index in [4.69, 9.17) is 5.73 Å². The van der Waals surface area contributed by atoms with E-state index in [1.807, 2.05) is 0 Å². The molecule has 3 rings (SSSR count). The molecule has 1 heterocycles. The number of nitrogens with zero attached hydrogens (tertiary/aromatic N) is 1. The summed E-state index contributed by atoms with van der Waals surface area (Å²) in [6.45, 7) is 5.60. The van der Waals surface area contributed by atoms with Gasteiger partial charge in [-0.15, -0.1) is 0 Å². The van der Waals surface area contributed by atoms with E-state index in [0.29, 0.717) is 0 Å². The summed E-state index contributed by atoms with van der Waals surface area (Å²) < 4.78 is 0. The molecule has 0 radical (unpaired) electrons. The van der Waals surface area contributed by atoms with Crippen LogP contribution in [-0.4, -0.2) is 30.1 Å². The quantitative estimate of drug-likeness (QED) is 0.899. The summed E-state index contributed by atoms with van der Waals surface area (Å²) in [6, 6.07) is 8.89. The van der Waals surface area contributed by atoms with Crippen LogP contribution in [0.15, 0.2) is 24.3 Å². The molecule has 2 nitrogen and oxygen atoms in total. The molecule has 0 amide bonds. The number of hydrogen-bond donors (Lipinski definition) is 1. The number of hydrogen-bond acceptors (Lipinski definition) is 2. The van der Waals surface area contributed by atoms with Gasteiger partial charge in [0.1, 0.15) is 0 Å². The van der Waals surface area contributed by atoms with Crippen molar-refractivity contribution < 1.29 is 0 Å². The predicted octanol–water partition coefficient (Wildman–Crippen LogP) is 2.60. The van der Waals surface area contributed by atoms with Crippen LogP contribution >= 0.6 is 0 Å². The van der Waals surface area contributed by atoms with E-state index in [9.17, 15) is 0 Å². The molecular weight excluding hydrogens is 232 g/mol. The van der Waals surface area contributed by atoms with Gasteiger partial charge in [0.05, 0.1) is 0 Å². The maximum absolute atomic E-state index is 6.21. The molecule has 0 aromatic heterocycles. The normalized spacial score (nSPS) is 25.7. The van der Waals surface area contributed by atoms with Crippen LogP contribution in [0.3, 0.4) is 0 Å². The zero-order valence-electron chi connectivity index (χ0n) is 12.1. The monoisotopic (exact) mass is 258 g/mol. The van der Waals surface area contributed by atoms with Crippen LogP contribution in [0.25, 0.3) is 0 Å². The molecule has 1 unspecified atom stereocenters. The minimum atomic E-state index is 0.214. The molecule has 0 spiro atoms. The van der Waals surface area contributed by atoms with Crippen molar-refractivity contribution in [3.63, 3.8) is 0 Å². The van der Waals surface area contributed by atoms with E-state index in [1.54, 1.807) is 0 Å². The van der Waals surface area contributed by atoms with Gasteiger partial charge in [0.25, 0.3) is 0 Å². The van der Waals surface area contributed by atoms with Crippen molar-refractivity contribution in [2.75, 3.05) is 19.6 Å². The molecule has 1 saturated heterocycles. The Bertz CT molecular complexity index is 416. The van der Waals surface area contributed by atoms with Crippen molar-refractivity contribution in [3.05, 3.63) is 35.4 Å². The summed E-state index contributed by atoms with van der Waals surface area (Å²) in [5, 5.41) is 0. The maximum Gasteiger partial charge on any atom is 0.0412 e. The number of likely N-dealkylation sites (tertiary alicyclic amines) is 1. The Morgan fingerprint density at radius 2 is 1.95 bits per heavy atom. The summed E-state index contributed by atoms with van der Waals surface area (Å²) in [7, 11) is 0. The number of fused-ring (bicyclic) bond motifs is 1. The van der Waals surface area contributed by atoms with Gasteiger partial charge < -0.3 is 5.73 Å². The molecule has 2 N–H and O–H groups in total. The summed E-state index contributed by atoms with van der Waals surface area (Å²) in [5.41, 5.74) is 9.46. The second-order valence-corrected chi connectivity index (χ2v) is 6.44. The molecule has 2 aliphatic rings. The Kier molecular flexibility index (Phi) is 3.64. The highest BCUT2D eigenvalue weighted by Gasteiger charge is 2.43. The van der Waals surface area contributed by atoms with Crippen molar-refractivity contribution in [1.29, 1.82) is 0 Å². The van der Waals surface area contributed by atoms with Crippen LogP contribution in [-0.2, 0) is 12.8 Å². The third kappa shape index (κ3) is 2.32. The first-order valence-electron chi connectivity index (χ1n) is 7.79. The third-order valence-corrected chi connectivity index (χ3v) is 5.19. The number of nitrogens with two attached hydrogens (primary N) is 1.